The molecule has 1 amide bonds. The first-order chi connectivity index (χ1) is 19.1. The SMILES string of the molecule is C=CC(=O)N1CC(Oc2cc3c(Nc4cc(-c5cccc6ncnn56)ccc4OC)ncnc3cc2OC)C1. The molecular weight excluding hydrogens is 498 g/mol. The number of methoxy groups -OCH3 is 2. The van der Waals surface area contributed by atoms with Crippen LogP contribution in [0.5, 0.6) is 17.2 Å². The molecule has 1 fully saturated rings. The Kier molecular flexibility index (Phi) is 6.16. The van der Waals surface area contributed by atoms with E-state index in [1.807, 2.05) is 48.5 Å². The predicted octanol–water partition coefficient (Wildman–Crippen LogP) is 3.88. The van der Waals surface area contributed by atoms with E-state index in [0.29, 0.717) is 47.4 Å². The van der Waals surface area contributed by atoms with Gasteiger partial charge in [-0.3, -0.25) is 4.79 Å². The second-order valence-electron chi connectivity index (χ2n) is 8.91. The average molecular weight is 524 g/mol. The standard InChI is InChI=1S/C28H25N7O4/c1-4-27(36)34-13-18(14-34)39-25-11-19-20(12-24(25)38-3)29-15-31-28(19)33-21-10-17(8-9-23(21)37-2)22-6-5-7-26-30-16-32-35(22)26/h4-12,15-16,18H,1,13-14H2,2-3H3,(H,29,31,33). The molecule has 1 saturated heterocycles. The molecule has 6 rings (SSSR count). The van der Waals surface area contributed by atoms with E-state index >= 15 is 0 Å². The highest BCUT2D eigenvalue weighted by atomic mass is 16.5. The molecule has 1 aliphatic rings. The van der Waals surface area contributed by atoms with Crippen molar-refractivity contribution in [2.75, 3.05) is 32.6 Å². The molecule has 196 valence electrons. The second kappa shape index (κ2) is 9.93. The molecular formula is C28H25N7O4. The monoisotopic (exact) mass is 523 g/mol. The van der Waals surface area contributed by atoms with Gasteiger partial charge in [0.15, 0.2) is 17.1 Å². The molecule has 11 heteroatoms. The van der Waals surface area contributed by atoms with Crippen molar-refractivity contribution in [2.45, 2.75) is 6.10 Å². The van der Waals surface area contributed by atoms with E-state index < -0.39 is 0 Å². The van der Waals surface area contributed by atoms with Crippen LogP contribution >= 0.6 is 0 Å². The zero-order chi connectivity index (χ0) is 26.9. The fourth-order valence-corrected chi connectivity index (χ4v) is 4.57. The number of anilines is 2. The highest BCUT2D eigenvalue weighted by Gasteiger charge is 2.31. The van der Waals surface area contributed by atoms with Crippen LogP contribution in [0.15, 0.2) is 73.8 Å². The summed E-state index contributed by atoms with van der Waals surface area (Å²) in [5, 5.41) is 8.50. The number of fused-ring (bicyclic) bond motifs is 2. The number of carbonyl (C=O) groups excluding carboxylic acids is 1. The van der Waals surface area contributed by atoms with Crippen LogP contribution in [-0.4, -0.2) is 68.8 Å². The lowest BCUT2D eigenvalue weighted by atomic mass is 10.1. The van der Waals surface area contributed by atoms with Gasteiger partial charge in [-0.05, 0) is 42.5 Å². The molecule has 0 aliphatic carbocycles. The van der Waals surface area contributed by atoms with Gasteiger partial charge in [-0.1, -0.05) is 12.6 Å². The van der Waals surface area contributed by atoms with Gasteiger partial charge in [0.05, 0.1) is 44.2 Å². The third-order valence-electron chi connectivity index (χ3n) is 6.60. The minimum Gasteiger partial charge on any atom is -0.495 e. The van der Waals surface area contributed by atoms with Crippen LogP contribution in [0, 0.1) is 0 Å². The molecule has 1 aliphatic heterocycles. The summed E-state index contributed by atoms with van der Waals surface area (Å²) in [7, 11) is 3.20. The first kappa shape index (κ1) is 24.2. The van der Waals surface area contributed by atoms with E-state index in [4.69, 9.17) is 14.2 Å². The number of likely N-dealkylation sites (tertiary alicyclic amines) is 1. The molecule has 0 unspecified atom stereocenters. The van der Waals surface area contributed by atoms with Crippen LogP contribution in [0.25, 0.3) is 27.8 Å². The minimum atomic E-state index is -0.155. The van der Waals surface area contributed by atoms with Crippen molar-refractivity contribution in [3.05, 3.63) is 73.8 Å². The summed E-state index contributed by atoms with van der Waals surface area (Å²) in [5.41, 5.74) is 3.94. The second-order valence-corrected chi connectivity index (χ2v) is 8.91. The molecule has 5 aromatic rings. The Morgan fingerprint density at radius 1 is 1.00 bits per heavy atom. The van der Waals surface area contributed by atoms with E-state index in [1.54, 1.807) is 23.6 Å². The topological polar surface area (TPSA) is 116 Å². The summed E-state index contributed by atoms with van der Waals surface area (Å²) < 4.78 is 19.2. The van der Waals surface area contributed by atoms with Crippen molar-refractivity contribution in [1.29, 1.82) is 0 Å². The van der Waals surface area contributed by atoms with Crippen LogP contribution < -0.4 is 19.5 Å². The van der Waals surface area contributed by atoms with Gasteiger partial charge in [0.2, 0.25) is 5.91 Å². The van der Waals surface area contributed by atoms with Crippen LogP contribution in [0.3, 0.4) is 0 Å². The molecule has 0 radical (unpaired) electrons. The van der Waals surface area contributed by atoms with Crippen LogP contribution in [0.2, 0.25) is 0 Å². The summed E-state index contributed by atoms with van der Waals surface area (Å²) >= 11 is 0. The fourth-order valence-electron chi connectivity index (χ4n) is 4.57. The molecule has 39 heavy (non-hydrogen) atoms. The maximum atomic E-state index is 11.8. The van der Waals surface area contributed by atoms with Gasteiger partial charge in [-0.25, -0.2) is 19.5 Å². The Balaban J connectivity index is 1.35. The van der Waals surface area contributed by atoms with E-state index in [1.165, 1.54) is 18.7 Å². The molecule has 0 atom stereocenters. The van der Waals surface area contributed by atoms with Crippen molar-refractivity contribution in [1.82, 2.24) is 29.5 Å². The highest BCUT2D eigenvalue weighted by Crippen LogP contribution is 2.38. The average Bonchev–Trinajstić information content (AvgIpc) is 3.43. The van der Waals surface area contributed by atoms with Gasteiger partial charge in [0, 0.05) is 17.0 Å². The molecule has 0 spiro atoms. The molecule has 4 heterocycles. The first-order valence-corrected chi connectivity index (χ1v) is 12.2. The summed E-state index contributed by atoms with van der Waals surface area (Å²) in [6, 6.07) is 15.3. The van der Waals surface area contributed by atoms with Crippen LogP contribution in [0.4, 0.5) is 11.5 Å². The molecule has 0 saturated carbocycles. The highest BCUT2D eigenvalue weighted by molar-refractivity contribution is 5.94. The Labute approximate surface area is 223 Å². The lowest BCUT2D eigenvalue weighted by molar-refractivity contribution is -0.134. The number of carbonyl (C=O) groups is 1. The van der Waals surface area contributed by atoms with E-state index in [2.05, 4.69) is 31.9 Å². The molecule has 3 aromatic heterocycles. The number of hydrogen-bond acceptors (Lipinski definition) is 9. The Hall–Kier alpha value is -5.19. The molecule has 0 bridgehead atoms. The Bertz CT molecular complexity index is 1710. The number of nitrogens with zero attached hydrogens (tertiary/aromatic N) is 6. The number of pyridine rings is 1. The van der Waals surface area contributed by atoms with Crippen molar-refractivity contribution in [2.24, 2.45) is 0 Å². The normalized spacial score (nSPS) is 13.2. The van der Waals surface area contributed by atoms with Crippen molar-refractivity contribution >= 4 is 34.0 Å². The zero-order valence-corrected chi connectivity index (χ0v) is 21.4. The maximum absolute atomic E-state index is 11.8. The third kappa shape index (κ3) is 4.43. The number of ether oxygens (including phenoxy) is 3. The molecule has 1 N–H and O–H groups in total. The molecule has 2 aromatic carbocycles. The zero-order valence-electron chi connectivity index (χ0n) is 21.4. The van der Waals surface area contributed by atoms with Gasteiger partial charge in [-0.15, -0.1) is 0 Å². The Morgan fingerprint density at radius 2 is 1.85 bits per heavy atom. The Morgan fingerprint density at radius 3 is 2.64 bits per heavy atom. The van der Waals surface area contributed by atoms with Crippen molar-refractivity contribution in [3.63, 3.8) is 0 Å². The van der Waals surface area contributed by atoms with Crippen LogP contribution in [-0.2, 0) is 4.79 Å². The van der Waals surface area contributed by atoms with Gasteiger partial charge in [0.1, 0.15) is 30.3 Å². The summed E-state index contributed by atoms with van der Waals surface area (Å²) in [5.74, 6) is 2.18. The summed E-state index contributed by atoms with van der Waals surface area (Å²) in [4.78, 5) is 26.7. The van der Waals surface area contributed by atoms with Crippen molar-refractivity contribution < 1.29 is 19.0 Å². The van der Waals surface area contributed by atoms with Crippen LogP contribution in [0.1, 0.15) is 0 Å². The number of hydrogen-bond donors (Lipinski definition) is 1. The van der Waals surface area contributed by atoms with Gasteiger partial charge in [-0.2, -0.15) is 5.10 Å². The maximum Gasteiger partial charge on any atom is 0.246 e. The fraction of sp³-hybridized carbons (Fsp3) is 0.179. The third-order valence-corrected chi connectivity index (χ3v) is 6.60. The van der Waals surface area contributed by atoms with Gasteiger partial charge in [0.25, 0.3) is 0 Å². The number of aromatic nitrogens is 5. The van der Waals surface area contributed by atoms with Gasteiger partial charge < -0.3 is 24.4 Å². The summed E-state index contributed by atoms with van der Waals surface area (Å²) in [6.07, 6.45) is 4.16. The quantitative estimate of drug-likeness (QED) is 0.303. The largest absolute Gasteiger partial charge is 0.495 e. The predicted molar refractivity (Wildman–Crippen MR) is 146 cm³/mol. The number of amides is 1. The number of nitrogens with one attached hydrogen (secondary N) is 1. The molecule has 11 nitrogen and oxygen atoms in total. The van der Waals surface area contributed by atoms with E-state index in [-0.39, 0.29) is 12.0 Å². The number of rotatable bonds is 8. The smallest absolute Gasteiger partial charge is 0.246 e. The number of benzene rings is 2. The summed E-state index contributed by atoms with van der Waals surface area (Å²) in [6.45, 7) is 4.49. The lowest BCUT2D eigenvalue weighted by Gasteiger charge is -2.38. The van der Waals surface area contributed by atoms with E-state index in [0.717, 1.165) is 22.3 Å². The van der Waals surface area contributed by atoms with Crippen molar-refractivity contribution in [3.8, 4) is 28.5 Å². The lowest BCUT2D eigenvalue weighted by Crippen LogP contribution is -2.55. The van der Waals surface area contributed by atoms with Gasteiger partial charge >= 0.3 is 0 Å². The first-order valence-electron chi connectivity index (χ1n) is 12.2. The minimum absolute atomic E-state index is 0.114. The van der Waals surface area contributed by atoms with E-state index in [9.17, 15) is 4.79 Å².